The van der Waals surface area contributed by atoms with Gasteiger partial charge in [-0.2, -0.15) is 0 Å². The Morgan fingerprint density at radius 2 is 1.20 bits per heavy atom. The highest BCUT2D eigenvalue weighted by Gasteiger charge is 2.35. The first-order valence-corrected chi connectivity index (χ1v) is 22.7. The number of carbonyl (C=O) groups excluding carboxylic acids is 1. The van der Waals surface area contributed by atoms with Gasteiger partial charge < -0.3 is 24.8 Å². The number of phosphoric ester groups is 1. The van der Waals surface area contributed by atoms with Gasteiger partial charge >= 0.3 is 13.8 Å². The van der Waals surface area contributed by atoms with Crippen molar-refractivity contribution in [3.63, 3.8) is 0 Å². The molecular formula is C45H76NO8P. The number of carbonyl (C=O) groups is 1. The number of allylic oxidation sites excluding steroid dienone is 12. The molecule has 0 aromatic rings. The van der Waals surface area contributed by atoms with Gasteiger partial charge in [-0.3, -0.25) is 13.8 Å². The number of ether oxygens (including phenoxy) is 3. The highest BCUT2D eigenvalue weighted by atomic mass is 31.2. The molecule has 1 fully saturated rings. The number of rotatable bonds is 38. The van der Waals surface area contributed by atoms with Crippen molar-refractivity contribution in [1.29, 1.82) is 0 Å². The molecule has 0 aromatic heterocycles. The summed E-state index contributed by atoms with van der Waals surface area (Å²) in [4.78, 5) is 22.4. The molecule has 0 bridgehead atoms. The summed E-state index contributed by atoms with van der Waals surface area (Å²) in [6.45, 7) is 3.99. The summed E-state index contributed by atoms with van der Waals surface area (Å²) < 4.78 is 38.5. The highest BCUT2D eigenvalue weighted by Crippen LogP contribution is 2.43. The lowest BCUT2D eigenvalue weighted by Gasteiger charge is -2.19. The second kappa shape index (κ2) is 37.1. The molecule has 55 heavy (non-hydrogen) atoms. The number of phosphoric acid groups is 1. The third-order valence-corrected chi connectivity index (χ3v) is 9.86. The number of nitrogens with two attached hydrogens (primary N) is 1. The van der Waals surface area contributed by atoms with Gasteiger partial charge in [0.15, 0.2) is 6.10 Å². The number of epoxide rings is 1. The minimum absolute atomic E-state index is 0.0274. The van der Waals surface area contributed by atoms with Crippen LogP contribution >= 0.6 is 7.82 Å². The SMILES string of the molecule is CCCCCCCCCCCCCC=CCC=COCC(COP(=O)(O)OCCN)OC(=O)CCC=CCC=CCC=CCC=CCC=CCC1OC1CC. The van der Waals surface area contributed by atoms with Gasteiger partial charge in [0.25, 0.3) is 0 Å². The first-order valence-electron chi connectivity index (χ1n) is 21.2. The molecule has 0 amide bonds. The third kappa shape index (κ3) is 34.5. The zero-order valence-electron chi connectivity index (χ0n) is 34.3. The van der Waals surface area contributed by atoms with Crippen LogP contribution in [0.3, 0.4) is 0 Å². The number of unbranched alkanes of at least 4 members (excludes halogenated alkanes) is 11. The average molecular weight is 790 g/mol. The van der Waals surface area contributed by atoms with Crippen molar-refractivity contribution >= 4 is 13.8 Å². The van der Waals surface area contributed by atoms with E-state index in [1.54, 1.807) is 6.26 Å². The van der Waals surface area contributed by atoms with E-state index in [9.17, 15) is 14.3 Å². The topological polar surface area (TPSA) is 130 Å². The molecule has 0 aromatic carbocycles. The van der Waals surface area contributed by atoms with E-state index in [4.69, 9.17) is 29.0 Å². The summed E-state index contributed by atoms with van der Waals surface area (Å²) in [7, 11) is -4.33. The van der Waals surface area contributed by atoms with Crippen molar-refractivity contribution in [2.24, 2.45) is 5.73 Å². The van der Waals surface area contributed by atoms with Crippen LogP contribution in [-0.4, -0.2) is 55.5 Å². The quantitative estimate of drug-likeness (QED) is 0.0157. The Morgan fingerprint density at radius 1 is 0.673 bits per heavy atom. The Bertz CT molecular complexity index is 1180. The lowest BCUT2D eigenvalue weighted by molar-refractivity contribution is -0.153. The summed E-state index contributed by atoms with van der Waals surface area (Å²) in [5.41, 5.74) is 5.35. The highest BCUT2D eigenvalue weighted by molar-refractivity contribution is 7.47. The van der Waals surface area contributed by atoms with Gasteiger partial charge in [-0.1, -0.05) is 151 Å². The smallest absolute Gasteiger partial charge is 0.472 e. The maximum atomic E-state index is 12.5. The first-order chi connectivity index (χ1) is 26.9. The first kappa shape index (κ1) is 50.5. The van der Waals surface area contributed by atoms with Gasteiger partial charge in [0.05, 0.1) is 31.7 Å². The number of hydrogen-bond donors (Lipinski definition) is 2. The largest absolute Gasteiger partial charge is 0.498 e. The summed E-state index contributed by atoms with van der Waals surface area (Å²) in [5, 5.41) is 0. The van der Waals surface area contributed by atoms with Crippen molar-refractivity contribution in [3.05, 3.63) is 85.3 Å². The molecule has 10 heteroatoms. The van der Waals surface area contributed by atoms with Crippen LogP contribution in [0, 0.1) is 0 Å². The number of esters is 1. The fraction of sp³-hybridized carbons (Fsp3) is 0.667. The predicted molar refractivity (Wildman–Crippen MR) is 228 cm³/mol. The molecular weight excluding hydrogens is 713 g/mol. The second-order valence-electron chi connectivity index (χ2n) is 13.9. The third-order valence-electron chi connectivity index (χ3n) is 8.88. The van der Waals surface area contributed by atoms with Crippen LogP contribution in [-0.2, 0) is 32.6 Å². The maximum absolute atomic E-state index is 12.5. The van der Waals surface area contributed by atoms with Crippen LogP contribution in [0.25, 0.3) is 0 Å². The molecule has 1 heterocycles. The molecule has 1 aliphatic heterocycles. The van der Waals surface area contributed by atoms with Gasteiger partial charge in [-0.25, -0.2) is 4.57 Å². The van der Waals surface area contributed by atoms with Gasteiger partial charge in [-0.05, 0) is 70.3 Å². The van der Waals surface area contributed by atoms with E-state index < -0.39 is 19.9 Å². The molecule has 1 saturated heterocycles. The van der Waals surface area contributed by atoms with Crippen LogP contribution in [0.4, 0.5) is 0 Å². The van der Waals surface area contributed by atoms with Crippen LogP contribution in [0.15, 0.2) is 85.3 Å². The monoisotopic (exact) mass is 790 g/mol. The summed E-state index contributed by atoms with van der Waals surface area (Å²) >= 11 is 0. The van der Waals surface area contributed by atoms with Gasteiger partial charge in [0.1, 0.15) is 6.61 Å². The normalized spacial score (nSPS) is 18.0. The summed E-state index contributed by atoms with van der Waals surface area (Å²) in [6, 6.07) is 0. The fourth-order valence-electron chi connectivity index (χ4n) is 5.63. The minimum atomic E-state index is -4.33. The summed E-state index contributed by atoms with van der Waals surface area (Å²) in [5.74, 6) is -0.449. The van der Waals surface area contributed by atoms with Crippen molar-refractivity contribution in [2.75, 3.05) is 26.4 Å². The predicted octanol–water partition coefficient (Wildman–Crippen LogP) is 11.9. The van der Waals surface area contributed by atoms with Crippen molar-refractivity contribution in [3.8, 4) is 0 Å². The van der Waals surface area contributed by atoms with Crippen LogP contribution in [0.2, 0.25) is 0 Å². The minimum Gasteiger partial charge on any atom is -0.498 e. The Morgan fingerprint density at radius 3 is 1.76 bits per heavy atom. The molecule has 3 N–H and O–H groups in total. The van der Waals surface area contributed by atoms with E-state index >= 15 is 0 Å². The Balaban J connectivity index is 2.22. The zero-order valence-corrected chi connectivity index (χ0v) is 35.2. The van der Waals surface area contributed by atoms with E-state index in [0.29, 0.717) is 18.6 Å². The van der Waals surface area contributed by atoms with Gasteiger partial charge in [0, 0.05) is 13.0 Å². The maximum Gasteiger partial charge on any atom is 0.472 e. The molecule has 4 unspecified atom stereocenters. The van der Waals surface area contributed by atoms with Crippen LogP contribution in [0.5, 0.6) is 0 Å². The molecule has 0 spiro atoms. The lowest BCUT2D eigenvalue weighted by atomic mass is 10.1. The standard InChI is InChI=1S/C45H76NO8P/c1-3-5-6-7-8-9-10-11-12-16-19-22-25-28-31-34-38-50-40-42(41-52-55(48,49)51-39-37-46)53-45(47)36-33-30-27-24-21-18-15-13-14-17-20-23-26-29-32-35-44-43(4-2)54-44/h13-14,18,20-21,23,25,27-30,32,34,38,42-44H,3-12,15-17,19,22,24,26,31,33,35-37,39-41,46H2,1-2H3,(H,48,49). The zero-order chi connectivity index (χ0) is 39.9. The van der Waals surface area contributed by atoms with Crippen molar-refractivity contribution < 1.29 is 37.5 Å². The van der Waals surface area contributed by atoms with E-state index in [0.717, 1.165) is 51.4 Å². The van der Waals surface area contributed by atoms with Crippen LogP contribution < -0.4 is 5.73 Å². The average Bonchev–Trinajstić information content (AvgIpc) is 3.95. The van der Waals surface area contributed by atoms with Crippen molar-refractivity contribution in [2.45, 2.75) is 167 Å². The van der Waals surface area contributed by atoms with E-state index in [1.807, 2.05) is 18.2 Å². The molecule has 9 nitrogen and oxygen atoms in total. The molecule has 4 atom stereocenters. The Kier molecular flexibility index (Phi) is 34.0. The molecule has 0 aliphatic carbocycles. The number of hydrogen-bond acceptors (Lipinski definition) is 8. The van der Waals surface area contributed by atoms with E-state index in [-0.39, 0.29) is 32.8 Å². The molecule has 0 saturated carbocycles. The van der Waals surface area contributed by atoms with Gasteiger partial charge in [0.2, 0.25) is 0 Å². The molecule has 0 radical (unpaired) electrons. The molecule has 1 rings (SSSR count). The van der Waals surface area contributed by atoms with Gasteiger partial charge in [-0.15, -0.1) is 0 Å². The Labute approximate surface area is 334 Å². The fourth-order valence-corrected chi connectivity index (χ4v) is 6.39. The van der Waals surface area contributed by atoms with E-state index in [1.165, 1.54) is 70.6 Å². The van der Waals surface area contributed by atoms with E-state index in [2.05, 4.69) is 74.6 Å². The molecule has 1 aliphatic rings. The Hall–Kier alpha value is -2.52. The summed E-state index contributed by atoms with van der Waals surface area (Å²) in [6.07, 6.45) is 52.0. The molecule has 314 valence electrons. The lowest BCUT2D eigenvalue weighted by Crippen LogP contribution is -2.27. The van der Waals surface area contributed by atoms with Crippen LogP contribution in [0.1, 0.15) is 149 Å². The van der Waals surface area contributed by atoms with Crippen molar-refractivity contribution in [1.82, 2.24) is 0 Å². The second-order valence-corrected chi connectivity index (χ2v) is 15.4.